The van der Waals surface area contributed by atoms with Gasteiger partial charge in [-0.1, -0.05) is 6.07 Å². The highest BCUT2D eigenvalue weighted by Gasteiger charge is 2.07. The predicted octanol–water partition coefficient (Wildman–Crippen LogP) is 2.16. The zero-order valence-electron chi connectivity index (χ0n) is 11.3. The van der Waals surface area contributed by atoms with Gasteiger partial charge in [0.2, 0.25) is 0 Å². The van der Waals surface area contributed by atoms with Crippen molar-refractivity contribution in [1.82, 2.24) is 4.90 Å². The number of carbonyl (C=O) groups is 1. The molecule has 0 radical (unpaired) electrons. The number of benzene rings is 1. The van der Waals surface area contributed by atoms with E-state index in [-0.39, 0.29) is 0 Å². The molecule has 1 N–H and O–H groups in total. The molecule has 0 spiro atoms. The van der Waals surface area contributed by atoms with Crippen LogP contribution in [0.2, 0.25) is 0 Å². The van der Waals surface area contributed by atoms with Gasteiger partial charge in [0.1, 0.15) is 0 Å². The van der Waals surface area contributed by atoms with E-state index < -0.39 is 5.97 Å². The Morgan fingerprint density at radius 1 is 1.44 bits per heavy atom. The average molecular weight is 251 g/mol. The van der Waals surface area contributed by atoms with E-state index in [4.69, 9.17) is 9.84 Å². The molecule has 0 fully saturated rings. The van der Waals surface area contributed by atoms with Crippen LogP contribution in [-0.2, 0) is 11.3 Å². The van der Waals surface area contributed by atoms with Crippen molar-refractivity contribution in [2.24, 2.45) is 0 Å². The highest BCUT2D eigenvalue weighted by atomic mass is 16.5. The van der Waals surface area contributed by atoms with Crippen molar-refractivity contribution in [2.75, 3.05) is 26.8 Å². The molecular formula is C14H21NO3. The molecule has 1 aromatic rings. The molecule has 4 heteroatoms. The molecule has 1 aromatic carbocycles. The Hall–Kier alpha value is -1.39. The van der Waals surface area contributed by atoms with Crippen molar-refractivity contribution in [3.05, 3.63) is 34.9 Å². The summed E-state index contributed by atoms with van der Waals surface area (Å²) in [5.74, 6) is -0.880. The first-order chi connectivity index (χ1) is 8.54. The van der Waals surface area contributed by atoms with Crippen LogP contribution in [0.4, 0.5) is 0 Å². The molecule has 0 aliphatic heterocycles. The van der Waals surface area contributed by atoms with Gasteiger partial charge in [-0.05, 0) is 44.2 Å². The van der Waals surface area contributed by atoms with Gasteiger partial charge >= 0.3 is 5.97 Å². The minimum Gasteiger partial charge on any atom is -0.478 e. The summed E-state index contributed by atoms with van der Waals surface area (Å²) in [6.07, 6.45) is 0. The van der Waals surface area contributed by atoms with Gasteiger partial charge in [0.05, 0.1) is 12.2 Å². The van der Waals surface area contributed by atoms with Gasteiger partial charge in [0.15, 0.2) is 0 Å². The molecule has 0 saturated carbocycles. The summed E-state index contributed by atoms with van der Waals surface area (Å²) in [4.78, 5) is 13.0. The van der Waals surface area contributed by atoms with Crippen LogP contribution in [0, 0.1) is 6.92 Å². The summed E-state index contributed by atoms with van der Waals surface area (Å²) < 4.78 is 5.30. The molecule has 0 amide bonds. The van der Waals surface area contributed by atoms with Crippen molar-refractivity contribution in [3.63, 3.8) is 0 Å². The van der Waals surface area contributed by atoms with Crippen LogP contribution in [0.1, 0.15) is 28.4 Å². The highest BCUT2D eigenvalue weighted by molar-refractivity contribution is 5.87. The Kier molecular flexibility index (Phi) is 5.82. The van der Waals surface area contributed by atoms with Crippen LogP contribution in [0.3, 0.4) is 0 Å². The van der Waals surface area contributed by atoms with Crippen LogP contribution in [-0.4, -0.2) is 42.8 Å². The van der Waals surface area contributed by atoms with Gasteiger partial charge in [-0.2, -0.15) is 0 Å². The van der Waals surface area contributed by atoms with Gasteiger partial charge < -0.3 is 9.84 Å². The van der Waals surface area contributed by atoms with Gasteiger partial charge in [0, 0.05) is 19.7 Å². The Balaban J connectivity index is 2.59. The second-order valence-corrected chi connectivity index (χ2v) is 4.38. The Morgan fingerprint density at radius 2 is 2.17 bits per heavy atom. The number of aromatic carboxylic acids is 1. The number of nitrogens with zero attached hydrogens (tertiary/aromatic N) is 1. The molecule has 0 unspecified atom stereocenters. The third kappa shape index (κ3) is 4.47. The van der Waals surface area contributed by atoms with Crippen molar-refractivity contribution in [3.8, 4) is 0 Å². The zero-order valence-corrected chi connectivity index (χ0v) is 11.3. The Bertz CT molecular complexity index is 404. The monoisotopic (exact) mass is 251 g/mol. The van der Waals surface area contributed by atoms with Gasteiger partial charge in [-0.15, -0.1) is 0 Å². The predicted molar refractivity (Wildman–Crippen MR) is 71.0 cm³/mol. The molecule has 0 aliphatic rings. The molecule has 1 rings (SSSR count). The number of likely N-dealkylation sites (N-methyl/N-ethyl adjacent to an activating group) is 1. The van der Waals surface area contributed by atoms with Crippen molar-refractivity contribution in [2.45, 2.75) is 20.4 Å². The summed E-state index contributed by atoms with van der Waals surface area (Å²) in [6, 6.07) is 5.26. The van der Waals surface area contributed by atoms with E-state index in [0.29, 0.717) is 5.56 Å². The maximum absolute atomic E-state index is 10.8. The topological polar surface area (TPSA) is 49.8 Å². The van der Waals surface area contributed by atoms with Crippen molar-refractivity contribution < 1.29 is 14.6 Å². The smallest absolute Gasteiger partial charge is 0.335 e. The second-order valence-electron chi connectivity index (χ2n) is 4.38. The van der Waals surface area contributed by atoms with Crippen molar-refractivity contribution >= 4 is 5.97 Å². The molecule has 0 atom stereocenters. The maximum Gasteiger partial charge on any atom is 0.335 e. The van der Waals surface area contributed by atoms with E-state index in [1.165, 1.54) is 0 Å². The van der Waals surface area contributed by atoms with Gasteiger partial charge in [-0.3, -0.25) is 4.90 Å². The second kappa shape index (κ2) is 7.13. The first kappa shape index (κ1) is 14.7. The fourth-order valence-corrected chi connectivity index (χ4v) is 1.74. The molecule has 0 aliphatic carbocycles. The minimum atomic E-state index is -0.880. The van der Waals surface area contributed by atoms with Crippen LogP contribution in [0.25, 0.3) is 0 Å². The Morgan fingerprint density at radius 3 is 2.72 bits per heavy atom. The summed E-state index contributed by atoms with van der Waals surface area (Å²) in [7, 11) is 2.03. The maximum atomic E-state index is 10.8. The van der Waals surface area contributed by atoms with Crippen LogP contribution >= 0.6 is 0 Å². The lowest BCUT2D eigenvalue weighted by Crippen LogP contribution is -2.23. The van der Waals surface area contributed by atoms with E-state index in [1.54, 1.807) is 12.1 Å². The lowest BCUT2D eigenvalue weighted by atomic mass is 10.0. The fourth-order valence-electron chi connectivity index (χ4n) is 1.74. The van der Waals surface area contributed by atoms with Crippen LogP contribution < -0.4 is 0 Å². The van der Waals surface area contributed by atoms with E-state index in [2.05, 4.69) is 4.90 Å². The first-order valence-electron chi connectivity index (χ1n) is 6.13. The van der Waals surface area contributed by atoms with Crippen LogP contribution in [0.5, 0.6) is 0 Å². The van der Waals surface area contributed by atoms with Crippen LogP contribution in [0.15, 0.2) is 18.2 Å². The van der Waals surface area contributed by atoms with Crippen molar-refractivity contribution in [1.29, 1.82) is 0 Å². The first-order valence-corrected chi connectivity index (χ1v) is 6.13. The molecule has 0 aromatic heterocycles. The third-order valence-electron chi connectivity index (χ3n) is 2.85. The number of hydrogen-bond donors (Lipinski definition) is 1. The van der Waals surface area contributed by atoms with Gasteiger partial charge in [-0.25, -0.2) is 4.79 Å². The van der Waals surface area contributed by atoms with E-state index >= 15 is 0 Å². The SMILES string of the molecule is CCOCCN(C)Cc1ccc(C(=O)O)cc1C. The molecule has 100 valence electrons. The normalized spacial score (nSPS) is 10.9. The van der Waals surface area contributed by atoms with E-state index in [1.807, 2.05) is 27.0 Å². The molecule has 18 heavy (non-hydrogen) atoms. The molecular weight excluding hydrogens is 230 g/mol. The van der Waals surface area contributed by atoms with E-state index in [9.17, 15) is 4.79 Å². The number of hydrogen-bond acceptors (Lipinski definition) is 3. The largest absolute Gasteiger partial charge is 0.478 e. The van der Waals surface area contributed by atoms with E-state index in [0.717, 1.165) is 37.4 Å². The molecule has 0 heterocycles. The number of carboxylic acid groups (broad SMARTS) is 1. The molecule has 0 bridgehead atoms. The third-order valence-corrected chi connectivity index (χ3v) is 2.85. The number of ether oxygens (including phenoxy) is 1. The lowest BCUT2D eigenvalue weighted by molar-refractivity contribution is 0.0696. The zero-order chi connectivity index (χ0) is 13.5. The highest BCUT2D eigenvalue weighted by Crippen LogP contribution is 2.13. The summed E-state index contributed by atoms with van der Waals surface area (Å²) >= 11 is 0. The lowest BCUT2D eigenvalue weighted by Gasteiger charge is -2.18. The standard InChI is InChI=1S/C14H21NO3/c1-4-18-8-7-15(3)10-13-6-5-12(14(16)17)9-11(13)2/h5-6,9H,4,7-8,10H2,1-3H3,(H,16,17). The fraction of sp³-hybridized carbons (Fsp3) is 0.500. The Labute approximate surface area is 108 Å². The number of aryl methyl sites for hydroxylation is 1. The quantitative estimate of drug-likeness (QED) is 0.754. The summed E-state index contributed by atoms with van der Waals surface area (Å²) in [5, 5.41) is 8.90. The van der Waals surface area contributed by atoms with Gasteiger partial charge in [0.25, 0.3) is 0 Å². The summed E-state index contributed by atoms with van der Waals surface area (Å²) in [5.41, 5.74) is 2.50. The minimum absolute atomic E-state index is 0.341. The average Bonchev–Trinajstić information content (AvgIpc) is 2.32. The summed E-state index contributed by atoms with van der Waals surface area (Å²) in [6.45, 7) is 7.05. The molecule has 0 saturated heterocycles. The molecule has 4 nitrogen and oxygen atoms in total. The number of rotatable bonds is 7. The number of carboxylic acids is 1.